The Morgan fingerprint density at radius 2 is 1.04 bits per heavy atom. The zero-order valence-corrected chi connectivity index (χ0v) is 35.8. The average Bonchev–Trinajstić information content (AvgIpc) is 3.15. The molecule has 0 aromatic carbocycles. The summed E-state index contributed by atoms with van der Waals surface area (Å²) in [6.07, 6.45) is 45.1. The van der Waals surface area contributed by atoms with Gasteiger partial charge in [0, 0.05) is 12.8 Å². The van der Waals surface area contributed by atoms with Gasteiger partial charge in [0.25, 0.3) is 6.29 Å². The Kier molecular flexibility index (Phi) is 35.9. The summed E-state index contributed by atoms with van der Waals surface area (Å²) in [6, 6.07) is 0. The highest BCUT2D eigenvalue weighted by atomic mass is 16.7. The van der Waals surface area contributed by atoms with Gasteiger partial charge in [-0.15, -0.1) is 0 Å². The summed E-state index contributed by atoms with van der Waals surface area (Å²) in [4.78, 5) is 37.0. The van der Waals surface area contributed by atoms with Crippen molar-refractivity contribution >= 4 is 17.9 Å². The second kappa shape index (κ2) is 38.3. The highest BCUT2D eigenvalue weighted by Gasteiger charge is 2.25. The number of ether oxygens (including phenoxy) is 4. The number of quaternary nitrogens is 1. The number of carbonyl (C=O) groups is 3. The first-order valence-corrected chi connectivity index (χ1v) is 21.3. The molecule has 56 heavy (non-hydrogen) atoms. The van der Waals surface area contributed by atoms with E-state index in [1.54, 1.807) is 0 Å². The standard InChI is InChI=1S/C47H77NO8/c1-6-8-10-12-14-16-18-20-22-23-24-26-28-30-32-34-36-38-45(50)56-43(42-55-47(46(51)52)53-40-39-48(3,4)5)41-54-44(49)37-35-33-31-29-27-25-21-19-17-15-13-11-9-7-2/h8,10,13-16,19-22,24,26,30,32,43,47H,6-7,9,11-12,17-18,23,25,27-29,31,33-42H2,1-5H3/p+1/b10-8-,15-13-,16-14-,21-19-,22-20-,26-24-,32-30-. The maximum Gasteiger partial charge on any atom is 0.361 e. The molecule has 9 heteroatoms. The first-order valence-electron chi connectivity index (χ1n) is 21.3. The van der Waals surface area contributed by atoms with Gasteiger partial charge >= 0.3 is 17.9 Å². The molecule has 0 bridgehead atoms. The van der Waals surface area contributed by atoms with Crippen molar-refractivity contribution in [2.75, 3.05) is 47.5 Å². The minimum Gasteiger partial charge on any atom is -0.477 e. The summed E-state index contributed by atoms with van der Waals surface area (Å²) in [5.74, 6) is -2.12. The molecule has 0 saturated carbocycles. The Morgan fingerprint density at radius 1 is 0.554 bits per heavy atom. The van der Waals surface area contributed by atoms with Crippen LogP contribution < -0.4 is 0 Å². The van der Waals surface area contributed by atoms with Gasteiger partial charge in [0.15, 0.2) is 6.10 Å². The van der Waals surface area contributed by atoms with Crippen LogP contribution in [-0.4, -0.2) is 87.4 Å². The van der Waals surface area contributed by atoms with E-state index >= 15 is 0 Å². The first-order chi connectivity index (χ1) is 27.1. The molecule has 0 amide bonds. The van der Waals surface area contributed by atoms with Crippen LogP contribution in [0.3, 0.4) is 0 Å². The Bertz CT molecular complexity index is 1190. The van der Waals surface area contributed by atoms with Crippen LogP contribution in [0.5, 0.6) is 0 Å². The number of aliphatic carboxylic acids is 1. The molecule has 318 valence electrons. The molecule has 0 heterocycles. The fourth-order valence-electron chi connectivity index (χ4n) is 5.06. The van der Waals surface area contributed by atoms with Crippen LogP contribution in [0.1, 0.15) is 136 Å². The fraction of sp³-hybridized carbons (Fsp3) is 0.638. The van der Waals surface area contributed by atoms with Crippen molar-refractivity contribution in [2.24, 2.45) is 0 Å². The molecule has 0 aliphatic heterocycles. The molecule has 0 spiro atoms. The van der Waals surface area contributed by atoms with Gasteiger partial charge in [-0.3, -0.25) is 9.59 Å². The summed E-state index contributed by atoms with van der Waals surface area (Å²) in [5, 5.41) is 9.62. The third-order valence-electron chi connectivity index (χ3n) is 8.39. The Morgan fingerprint density at radius 3 is 1.57 bits per heavy atom. The van der Waals surface area contributed by atoms with E-state index < -0.39 is 24.3 Å². The van der Waals surface area contributed by atoms with Gasteiger partial charge in [0.1, 0.15) is 13.2 Å². The van der Waals surface area contributed by atoms with Crippen molar-refractivity contribution in [3.63, 3.8) is 0 Å². The van der Waals surface area contributed by atoms with Gasteiger partial charge < -0.3 is 28.5 Å². The SMILES string of the molecule is CC/C=C\C/C=C\C/C=C\C/C=C\C/C=C\CCCC(=O)OC(COC(=O)CCCCCCC/C=C\C/C=C\CCCC)COC(OCC[N+](C)(C)C)C(=O)O. The number of esters is 2. The first kappa shape index (κ1) is 52.5. The van der Waals surface area contributed by atoms with Crippen molar-refractivity contribution in [3.8, 4) is 0 Å². The largest absolute Gasteiger partial charge is 0.477 e. The van der Waals surface area contributed by atoms with Crippen molar-refractivity contribution in [1.29, 1.82) is 0 Å². The van der Waals surface area contributed by atoms with E-state index in [0.29, 0.717) is 23.9 Å². The zero-order chi connectivity index (χ0) is 41.4. The minimum atomic E-state index is -1.53. The third kappa shape index (κ3) is 38.7. The molecule has 0 aromatic heterocycles. The van der Waals surface area contributed by atoms with Crippen LogP contribution in [0, 0.1) is 0 Å². The van der Waals surface area contributed by atoms with E-state index in [1.165, 1.54) is 12.8 Å². The monoisotopic (exact) mass is 785 g/mol. The molecule has 2 atom stereocenters. The summed E-state index contributed by atoms with van der Waals surface area (Å²) >= 11 is 0. The van der Waals surface area contributed by atoms with Crippen molar-refractivity contribution in [1.82, 2.24) is 0 Å². The predicted molar refractivity (Wildman–Crippen MR) is 230 cm³/mol. The molecule has 1 N–H and O–H groups in total. The van der Waals surface area contributed by atoms with Crippen molar-refractivity contribution in [3.05, 3.63) is 85.1 Å². The number of carbonyl (C=O) groups excluding carboxylic acids is 2. The number of unbranched alkanes of at least 4 members (excludes halogenated alkanes) is 8. The number of hydrogen-bond donors (Lipinski definition) is 1. The minimum absolute atomic E-state index is 0.170. The predicted octanol–water partition coefficient (Wildman–Crippen LogP) is 10.9. The summed E-state index contributed by atoms with van der Waals surface area (Å²) in [5.41, 5.74) is 0. The smallest absolute Gasteiger partial charge is 0.361 e. The van der Waals surface area contributed by atoms with Crippen LogP contribution in [0.15, 0.2) is 85.1 Å². The average molecular weight is 785 g/mol. The van der Waals surface area contributed by atoms with Gasteiger partial charge in [0.05, 0.1) is 34.4 Å². The molecule has 9 nitrogen and oxygen atoms in total. The van der Waals surface area contributed by atoms with Crippen LogP contribution in [0.25, 0.3) is 0 Å². The number of nitrogens with zero attached hydrogens (tertiary/aromatic N) is 1. The maximum absolute atomic E-state index is 12.7. The lowest BCUT2D eigenvalue weighted by Crippen LogP contribution is -2.40. The summed E-state index contributed by atoms with van der Waals surface area (Å²) < 4.78 is 22.6. The molecule has 0 rings (SSSR count). The molecule has 0 aliphatic rings. The molecular weight excluding hydrogens is 707 g/mol. The number of allylic oxidation sites excluding steroid dienone is 14. The summed E-state index contributed by atoms with van der Waals surface area (Å²) in [7, 11) is 5.92. The maximum atomic E-state index is 12.7. The van der Waals surface area contributed by atoms with Crippen molar-refractivity contribution < 1.29 is 42.9 Å². The molecule has 2 unspecified atom stereocenters. The number of hydrogen-bond acceptors (Lipinski definition) is 7. The molecule has 0 radical (unpaired) electrons. The molecule has 0 saturated heterocycles. The van der Waals surface area contributed by atoms with E-state index in [4.69, 9.17) is 18.9 Å². The molecule has 0 aromatic rings. The lowest BCUT2D eigenvalue weighted by molar-refractivity contribution is -0.870. The number of carboxylic acid groups (broad SMARTS) is 1. The topological polar surface area (TPSA) is 108 Å². The van der Waals surface area contributed by atoms with Crippen LogP contribution >= 0.6 is 0 Å². The normalized spacial score (nSPS) is 13.8. The van der Waals surface area contributed by atoms with E-state index in [0.717, 1.165) is 83.5 Å². The van der Waals surface area contributed by atoms with Crippen molar-refractivity contribution in [2.45, 2.75) is 148 Å². The van der Waals surface area contributed by atoms with Crippen LogP contribution in [0.2, 0.25) is 0 Å². The lowest BCUT2D eigenvalue weighted by Gasteiger charge is -2.25. The van der Waals surface area contributed by atoms with Gasteiger partial charge in [0.2, 0.25) is 0 Å². The van der Waals surface area contributed by atoms with Gasteiger partial charge in [-0.1, -0.05) is 131 Å². The van der Waals surface area contributed by atoms with E-state index in [9.17, 15) is 19.5 Å². The Hall–Kier alpha value is -3.53. The second-order valence-electron chi connectivity index (χ2n) is 14.9. The fourth-order valence-corrected chi connectivity index (χ4v) is 5.06. The number of carboxylic acids is 1. The molecule has 0 fully saturated rings. The van der Waals surface area contributed by atoms with Gasteiger partial charge in [-0.25, -0.2) is 4.79 Å². The zero-order valence-electron chi connectivity index (χ0n) is 35.8. The number of rotatable bonds is 37. The Labute approximate surface area is 340 Å². The second-order valence-corrected chi connectivity index (χ2v) is 14.9. The Balaban J connectivity index is 4.63. The number of likely N-dealkylation sites (N-methyl/N-ethyl adjacent to an activating group) is 1. The van der Waals surface area contributed by atoms with E-state index in [-0.39, 0.29) is 38.6 Å². The van der Waals surface area contributed by atoms with Gasteiger partial charge in [-0.05, 0) is 77.0 Å². The van der Waals surface area contributed by atoms with Crippen LogP contribution in [-0.2, 0) is 33.3 Å². The van der Waals surface area contributed by atoms with Gasteiger partial charge in [-0.2, -0.15) is 0 Å². The highest BCUT2D eigenvalue weighted by Crippen LogP contribution is 2.11. The molecule has 0 aliphatic carbocycles. The van der Waals surface area contributed by atoms with E-state index in [1.807, 2.05) is 27.2 Å². The highest BCUT2D eigenvalue weighted by molar-refractivity contribution is 5.71. The molecular formula is C47H78NO8+. The lowest BCUT2D eigenvalue weighted by atomic mass is 10.1. The van der Waals surface area contributed by atoms with Crippen LogP contribution in [0.4, 0.5) is 0 Å². The van der Waals surface area contributed by atoms with E-state index in [2.05, 4.69) is 92.8 Å². The quantitative estimate of drug-likeness (QED) is 0.0218. The third-order valence-corrected chi connectivity index (χ3v) is 8.39. The summed E-state index contributed by atoms with van der Waals surface area (Å²) in [6.45, 7) is 4.59.